The lowest BCUT2D eigenvalue weighted by Gasteiger charge is -2.06. The fourth-order valence-electron chi connectivity index (χ4n) is 2.14. The van der Waals surface area contributed by atoms with Gasteiger partial charge in [0.1, 0.15) is 0 Å². The highest BCUT2D eigenvalue weighted by Gasteiger charge is 2.10. The van der Waals surface area contributed by atoms with Gasteiger partial charge in [-0.05, 0) is 29.3 Å². The molecule has 1 aliphatic heterocycles. The van der Waals surface area contributed by atoms with Crippen LogP contribution < -0.4 is 5.32 Å². The molecule has 0 aliphatic carbocycles. The Morgan fingerprint density at radius 3 is 2.65 bits per heavy atom. The zero-order chi connectivity index (χ0) is 13.9. The molecule has 2 N–H and O–H groups in total. The second-order valence-corrected chi connectivity index (χ2v) is 4.60. The van der Waals surface area contributed by atoms with E-state index in [1.165, 1.54) is 0 Å². The van der Waals surface area contributed by atoms with E-state index in [2.05, 4.69) is 15.5 Å². The van der Waals surface area contributed by atoms with Crippen molar-refractivity contribution in [3.8, 4) is 11.1 Å². The third-order valence-corrected chi connectivity index (χ3v) is 3.12. The molecule has 0 saturated carbocycles. The molecule has 0 unspecified atom stereocenters. The maximum absolute atomic E-state index is 10.4. The number of hydrogen-bond donors (Lipinski definition) is 2. The van der Waals surface area contributed by atoms with Gasteiger partial charge in [0.05, 0.1) is 17.9 Å². The van der Waals surface area contributed by atoms with E-state index in [4.69, 9.17) is 5.11 Å². The van der Waals surface area contributed by atoms with E-state index < -0.39 is 5.97 Å². The van der Waals surface area contributed by atoms with Gasteiger partial charge in [-0.25, -0.2) is 0 Å². The monoisotopic (exact) mass is 267 g/mol. The lowest BCUT2D eigenvalue weighted by molar-refractivity contribution is -0.135. The van der Waals surface area contributed by atoms with Crippen LogP contribution in [-0.2, 0) is 11.3 Å². The standard InChI is InChI=1S/C15H13N3O2/c19-15(20)9-16-8-10-1-3-11(4-2-10)13-6-5-12-7-14(13)18-17-12/h1-7,16H,8-9H2,(H,19,20). The number of nitrogens with zero attached hydrogens (tertiary/aromatic N) is 2. The van der Waals surface area contributed by atoms with Crippen LogP contribution in [0.15, 0.2) is 52.7 Å². The normalized spacial score (nSPS) is 11.8. The van der Waals surface area contributed by atoms with Crippen LogP contribution in [0.25, 0.3) is 11.1 Å². The third-order valence-electron chi connectivity index (χ3n) is 3.12. The number of hydrogen-bond acceptors (Lipinski definition) is 4. The Morgan fingerprint density at radius 2 is 1.90 bits per heavy atom. The number of azo groups is 1. The molecule has 0 atom stereocenters. The summed E-state index contributed by atoms with van der Waals surface area (Å²) in [6, 6.07) is 13.9. The van der Waals surface area contributed by atoms with Gasteiger partial charge in [0, 0.05) is 12.1 Å². The molecule has 5 nitrogen and oxygen atoms in total. The van der Waals surface area contributed by atoms with Crippen molar-refractivity contribution >= 4 is 17.3 Å². The van der Waals surface area contributed by atoms with E-state index in [9.17, 15) is 4.79 Å². The van der Waals surface area contributed by atoms with Crippen molar-refractivity contribution in [2.24, 2.45) is 10.2 Å². The first-order valence-corrected chi connectivity index (χ1v) is 6.30. The summed E-state index contributed by atoms with van der Waals surface area (Å²) in [6.07, 6.45) is 0. The minimum Gasteiger partial charge on any atom is -0.480 e. The third kappa shape index (κ3) is 2.57. The van der Waals surface area contributed by atoms with Crippen molar-refractivity contribution in [3.63, 3.8) is 0 Å². The summed E-state index contributed by atoms with van der Waals surface area (Å²) in [6.45, 7) is 0.506. The molecule has 2 aromatic rings. The number of rotatable bonds is 5. The number of nitrogens with one attached hydrogen (secondary N) is 1. The summed E-state index contributed by atoms with van der Waals surface area (Å²) < 4.78 is 0. The van der Waals surface area contributed by atoms with E-state index in [0.29, 0.717) is 6.54 Å². The number of carbonyl (C=O) groups is 1. The highest BCUT2D eigenvalue weighted by molar-refractivity contribution is 5.79. The zero-order valence-electron chi connectivity index (χ0n) is 10.7. The van der Waals surface area contributed by atoms with Crippen LogP contribution in [0.5, 0.6) is 0 Å². The Labute approximate surface area is 116 Å². The van der Waals surface area contributed by atoms with Crippen molar-refractivity contribution in [1.82, 2.24) is 5.32 Å². The van der Waals surface area contributed by atoms with Gasteiger partial charge in [0.15, 0.2) is 0 Å². The number of carboxylic acid groups (broad SMARTS) is 1. The van der Waals surface area contributed by atoms with E-state index in [1.54, 1.807) is 0 Å². The van der Waals surface area contributed by atoms with Gasteiger partial charge in [-0.1, -0.05) is 24.3 Å². The van der Waals surface area contributed by atoms with Gasteiger partial charge in [0.2, 0.25) is 0 Å². The highest BCUT2D eigenvalue weighted by atomic mass is 16.4. The van der Waals surface area contributed by atoms with Crippen LogP contribution in [0.2, 0.25) is 0 Å². The fraction of sp³-hybridized carbons (Fsp3) is 0.133. The topological polar surface area (TPSA) is 74.0 Å². The maximum atomic E-state index is 10.4. The average Bonchev–Trinajstić information content (AvgIpc) is 2.81. The largest absolute Gasteiger partial charge is 0.480 e. The zero-order valence-corrected chi connectivity index (χ0v) is 10.7. The molecule has 20 heavy (non-hydrogen) atoms. The predicted octanol–water partition coefficient (Wildman–Crippen LogP) is 3.26. The molecule has 0 amide bonds. The van der Waals surface area contributed by atoms with Crippen LogP contribution in [-0.4, -0.2) is 17.6 Å². The first-order chi connectivity index (χ1) is 9.72. The summed E-state index contributed by atoms with van der Waals surface area (Å²) in [4.78, 5) is 10.4. The van der Waals surface area contributed by atoms with E-state index in [0.717, 1.165) is 28.1 Å². The second-order valence-electron chi connectivity index (χ2n) is 4.60. The summed E-state index contributed by atoms with van der Waals surface area (Å²) >= 11 is 0. The predicted molar refractivity (Wildman–Crippen MR) is 75.4 cm³/mol. The van der Waals surface area contributed by atoms with Crippen LogP contribution in [0.4, 0.5) is 11.4 Å². The highest BCUT2D eigenvalue weighted by Crippen LogP contribution is 2.38. The quantitative estimate of drug-likeness (QED) is 0.745. The summed E-state index contributed by atoms with van der Waals surface area (Å²) in [5.41, 5.74) is 4.96. The smallest absolute Gasteiger partial charge is 0.317 e. The van der Waals surface area contributed by atoms with E-state index in [1.807, 2.05) is 42.5 Å². The maximum Gasteiger partial charge on any atom is 0.317 e. The molecule has 0 aromatic heterocycles. The minimum absolute atomic E-state index is 0.0340. The first kappa shape index (κ1) is 12.5. The van der Waals surface area contributed by atoms with Crippen LogP contribution in [0, 0.1) is 0 Å². The van der Waals surface area contributed by atoms with Gasteiger partial charge >= 0.3 is 5.97 Å². The number of benzene rings is 2. The fourth-order valence-corrected chi connectivity index (χ4v) is 2.14. The number of carboxylic acids is 1. The summed E-state index contributed by atoms with van der Waals surface area (Å²) in [5.74, 6) is -0.852. The van der Waals surface area contributed by atoms with Gasteiger partial charge in [0.25, 0.3) is 0 Å². The molecule has 2 bridgehead atoms. The molecule has 100 valence electrons. The van der Waals surface area contributed by atoms with Crippen LogP contribution >= 0.6 is 0 Å². The molecule has 0 spiro atoms. The lowest BCUT2D eigenvalue weighted by atomic mass is 10.0. The van der Waals surface area contributed by atoms with E-state index >= 15 is 0 Å². The molecular weight excluding hydrogens is 254 g/mol. The Hall–Kier alpha value is -2.53. The molecule has 1 aliphatic rings. The molecule has 0 saturated heterocycles. The van der Waals surface area contributed by atoms with Crippen molar-refractivity contribution < 1.29 is 9.90 Å². The molecule has 5 heteroatoms. The van der Waals surface area contributed by atoms with Gasteiger partial charge in [-0.2, -0.15) is 5.11 Å². The molecular formula is C15H13N3O2. The SMILES string of the molecule is O=C(O)CNCc1ccc(-c2ccc3cc2N=N3)cc1. The van der Waals surface area contributed by atoms with Crippen molar-refractivity contribution in [1.29, 1.82) is 0 Å². The molecule has 0 fully saturated rings. The average molecular weight is 267 g/mol. The van der Waals surface area contributed by atoms with Crippen molar-refractivity contribution in [2.75, 3.05) is 6.54 Å². The summed E-state index contributed by atoms with van der Waals surface area (Å²) in [7, 11) is 0. The van der Waals surface area contributed by atoms with Crippen molar-refractivity contribution in [3.05, 3.63) is 48.0 Å². The first-order valence-electron chi connectivity index (χ1n) is 6.30. The molecule has 2 aromatic carbocycles. The molecule has 0 radical (unpaired) electrons. The summed E-state index contributed by atoms with van der Waals surface area (Å²) in [5, 5.41) is 19.6. The van der Waals surface area contributed by atoms with Gasteiger partial charge < -0.3 is 10.4 Å². The Balaban J connectivity index is 1.74. The molecule has 3 rings (SSSR count). The number of fused-ring (bicyclic) bond motifs is 2. The van der Waals surface area contributed by atoms with Crippen molar-refractivity contribution in [2.45, 2.75) is 6.54 Å². The second kappa shape index (κ2) is 5.22. The van der Waals surface area contributed by atoms with Gasteiger partial charge in [-0.3, -0.25) is 4.79 Å². The lowest BCUT2D eigenvalue weighted by Crippen LogP contribution is -2.21. The Bertz CT molecular complexity index is 678. The number of aliphatic carboxylic acids is 1. The molecule has 1 heterocycles. The van der Waals surface area contributed by atoms with E-state index in [-0.39, 0.29) is 6.54 Å². The van der Waals surface area contributed by atoms with Crippen LogP contribution in [0.3, 0.4) is 0 Å². The van der Waals surface area contributed by atoms with Gasteiger partial charge in [-0.15, -0.1) is 5.11 Å². The Morgan fingerprint density at radius 1 is 1.10 bits per heavy atom. The Kier molecular flexibility index (Phi) is 3.26. The minimum atomic E-state index is -0.852. The van der Waals surface area contributed by atoms with Crippen LogP contribution in [0.1, 0.15) is 5.56 Å².